The summed E-state index contributed by atoms with van der Waals surface area (Å²) >= 11 is 0. The Morgan fingerprint density at radius 2 is 2.24 bits per heavy atom. The Hall–Kier alpha value is -2.07. The lowest BCUT2D eigenvalue weighted by Crippen LogP contribution is -2.45. The molecular formula is C24H34FN3O4Si. The van der Waals surface area contributed by atoms with Gasteiger partial charge < -0.3 is 29.5 Å². The van der Waals surface area contributed by atoms with Crippen molar-refractivity contribution in [2.75, 3.05) is 29.9 Å². The van der Waals surface area contributed by atoms with Crippen LogP contribution in [0, 0.1) is 5.92 Å². The van der Waals surface area contributed by atoms with E-state index < -0.39 is 31.6 Å². The van der Waals surface area contributed by atoms with E-state index in [0.717, 1.165) is 19.4 Å². The van der Waals surface area contributed by atoms with Crippen molar-refractivity contribution in [1.82, 2.24) is 5.32 Å². The second-order valence-corrected chi connectivity index (χ2v) is 13.7. The standard InChI is InChI=1S/C24H34FN3O4Si/c1-5-12-28-19-9-8-16(27-22(30)18-7-6-11-26-18)14-17(19)24(23(28)31)15(2)21(33(3,4)25)20(32-24)10-13-29/h5,8-9,14-15,18,20-21,26,29H,1,6-7,10-13H2,2-4H3,(H,27,30)/t15-,18+,20+,21-,24+/m0/s1. The van der Waals surface area contributed by atoms with E-state index in [0.29, 0.717) is 23.5 Å². The number of nitrogens with one attached hydrogen (secondary N) is 2. The van der Waals surface area contributed by atoms with Gasteiger partial charge in [-0.05, 0) is 57.1 Å². The van der Waals surface area contributed by atoms with Crippen molar-refractivity contribution in [1.29, 1.82) is 0 Å². The molecule has 0 radical (unpaired) electrons. The van der Waals surface area contributed by atoms with Crippen LogP contribution in [0.15, 0.2) is 30.9 Å². The van der Waals surface area contributed by atoms with E-state index in [1.807, 2.05) is 13.0 Å². The highest BCUT2D eigenvalue weighted by atomic mass is 28.4. The number of rotatable bonds is 7. The van der Waals surface area contributed by atoms with Gasteiger partial charge in [0.1, 0.15) is 0 Å². The summed E-state index contributed by atoms with van der Waals surface area (Å²) in [5, 5.41) is 15.8. The lowest BCUT2D eigenvalue weighted by Gasteiger charge is -2.31. The van der Waals surface area contributed by atoms with Crippen LogP contribution in [0.25, 0.3) is 0 Å². The normalized spacial score (nSPS) is 31.3. The maximum atomic E-state index is 15.5. The minimum atomic E-state index is -3.24. The van der Waals surface area contributed by atoms with Gasteiger partial charge in [0.05, 0.1) is 17.8 Å². The zero-order chi connectivity index (χ0) is 24.0. The number of hydrogen-bond donors (Lipinski definition) is 3. The van der Waals surface area contributed by atoms with E-state index in [4.69, 9.17) is 4.74 Å². The molecule has 5 atom stereocenters. The fourth-order valence-corrected chi connectivity index (χ4v) is 8.51. The van der Waals surface area contributed by atoms with Crippen LogP contribution in [-0.2, 0) is 19.9 Å². The molecule has 0 unspecified atom stereocenters. The van der Waals surface area contributed by atoms with Gasteiger partial charge in [-0.1, -0.05) is 13.0 Å². The molecule has 2 fully saturated rings. The number of nitrogens with zero attached hydrogens (tertiary/aromatic N) is 1. The van der Waals surface area contributed by atoms with Crippen molar-refractivity contribution < 1.29 is 23.5 Å². The van der Waals surface area contributed by atoms with Gasteiger partial charge in [0, 0.05) is 35.9 Å². The molecule has 3 N–H and O–H groups in total. The SMILES string of the molecule is C=CCN1C(=O)[C@]2(O[C@H](CCO)[C@@H]([Si](C)(C)F)[C@@H]2C)c2cc(NC(=O)[C@H]3CCCN3)ccc21. The van der Waals surface area contributed by atoms with Crippen LogP contribution in [-0.4, -0.2) is 57.2 Å². The van der Waals surface area contributed by atoms with E-state index >= 15 is 4.11 Å². The van der Waals surface area contributed by atoms with Crippen molar-refractivity contribution >= 4 is 31.6 Å². The third kappa shape index (κ3) is 3.94. The molecule has 1 aromatic carbocycles. The molecule has 9 heteroatoms. The largest absolute Gasteiger partial charge is 0.396 e. The third-order valence-corrected chi connectivity index (χ3v) is 9.79. The molecule has 2 saturated heterocycles. The smallest absolute Gasteiger partial charge is 0.264 e. The van der Waals surface area contributed by atoms with E-state index in [1.165, 1.54) is 0 Å². The molecule has 1 spiro atoms. The summed E-state index contributed by atoms with van der Waals surface area (Å²) < 4.78 is 22.0. The Morgan fingerprint density at radius 3 is 2.85 bits per heavy atom. The molecule has 4 rings (SSSR count). The first-order valence-electron chi connectivity index (χ1n) is 11.7. The molecule has 7 nitrogen and oxygen atoms in total. The van der Waals surface area contributed by atoms with Crippen molar-refractivity contribution in [3.05, 3.63) is 36.4 Å². The van der Waals surface area contributed by atoms with Crippen molar-refractivity contribution in [2.24, 2.45) is 5.92 Å². The van der Waals surface area contributed by atoms with Gasteiger partial charge in [0.2, 0.25) is 14.3 Å². The predicted octanol–water partition coefficient (Wildman–Crippen LogP) is 3.07. The highest BCUT2D eigenvalue weighted by molar-refractivity contribution is 6.72. The first-order valence-corrected chi connectivity index (χ1v) is 14.7. The number of carbonyl (C=O) groups excluding carboxylic acids is 2. The fourth-order valence-electron chi connectivity index (χ4n) is 5.97. The number of aliphatic hydroxyl groups is 1. The lowest BCUT2D eigenvalue weighted by molar-refractivity contribution is -0.146. The van der Waals surface area contributed by atoms with Crippen LogP contribution in [0.1, 0.15) is 31.7 Å². The van der Waals surface area contributed by atoms with E-state index in [9.17, 15) is 14.7 Å². The summed E-state index contributed by atoms with van der Waals surface area (Å²) in [5.74, 6) is -0.777. The number of carbonyl (C=O) groups is 2. The minimum absolute atomic E-state index is 0.109. The number of benzene rings is 1. The van der Waals surface area contributed by atoms with Gasteiger partial charge in [0.25, 0.3) is 5.91 Å². The molecule has 3 aliphatic heterocycles. The average Bonchev–Trinajstić information content (AvgIpc) is 3.43. The van der Waals surface area contributed by atoms with Crippen LogP contribution >= 0.6 is 0 Å². The highest BCUT2D eigenvalue weighted by Crippen LogP contribution is 2.60. The Balaban J connectivity index is 1.77. The number of hydrogen-bond acceptors (Lipinski definition) is 5. The van der Waals surface area contributed by atoms with Crippen molar-refractivity contribution in [2.45, 2.75) is 62.6 Å². The monoisotopic (exact) mass is 475 g/mol. The maximum Gasteiger partial charge on any atom is 0.264 e. The first-order chi connectivity index (χ1) is 15.6. The summed E-state index contributed by atoms with van der Waals surface area (Å²) in [5.41, 5.74) is 0.0972. The zero-order valence-electron chi connectivity index (χ0n) is 19.6. The molecule has 0 bridgehead atoms. The quantitative estimate of drug-likeness (QED) is 0.320. The predicted molar refractivity (Wildman–Crippen MR) is 128 cm³/mol. The maximum absolute atomic E-state index is 15.5. The van der Waals surface area contributed by atoms with Crippen LogP contribution in [0.5, 0.6) is 0 Å². The Bertz CT molecular complexity index is 946. The van der Waals surface area contributed by atoms with Gasteiger partial charge in [0.15, 0.2) is 5.60 Å². The Labute approximate surface area is 195 Å². The topological polar surface area (TPSA) is 90.9 Å². The Morgan fingerprint density at radius 1 is 1.48 bits per heavy atom. The first kappa shape index (κ1) is 24.1. The summed E-state index contributed by atoms with van der Waals surface area (Å²) in [4.78, 5) is 28.1. The van der Waals surface area contributed by atoms with Crippen molar-refractivity contribution in [3.63, 3.8) is 0 Å². The van der Waals surface area contributed by atoms with Crippen LogP contribution < -0.4 is 15.5 Å². The number of ether oxygens (including phenoxy) is 1. The summed E-state index contributed by atoms with van der Waals surface area (Å²) in [7, 11) is -3.24. The van der Waals surface area contributed by atoms with Gasteiger partial charge in [-0.3, -0.25) is 9.59 Å². The zero-order valence-corrected chi connectivity index (χ0v) is 20.6. The van der Waals surface area contributed by atoms with Crippen molar-refractivity contribution in [3.8, 4) is 0 Å². The molecule has 3 aliphatic rings. The fraction of sp³-hybridized carbons (Fsp3) is 0.583. The molecule has 33 heavy (non-hydrogen) atoms. The van der Waals surface area contributed by atoms with Gasteiger partial charge in [-0.15, -0.1) is 6.58 Å². The molecule has 1 aromatic rings. The molecule has 0 aliphatic carbocycles. The number of anilines is 2. The minimum Gasteiger partial charge on any atom is -0.396 e. The number of halogens is 1. The summed E-state index contributed by atoms with van der Waals surface area (Å²) in [6, 6.07) is 5.16. The number of amides is 2. The van der Waals surface area contributed by atoms with Gasteiger partial charge in [-0.2, -0.15) is 0 Å². The van der Waals surface area contributed by atoms with Crippen LogP contribution in [0.3, 0.4) is 0 Å². The third-order valence-electron chi connectivity index (χ3n) is 7.33. The number of aliphatic hydroxyl groups excluding tert-OH is 1. The van der Waals surface area contributed by atoms with E-state index in [2.05, 4.69) is 17.2 Å². The molecule has 3 heterocycles. The molecule has 180 valence electrons. The summed E-state index contributed by atoms with van der Waals surface area (Å²) in [6.07, 6.45) is 3.10. The van der Waals surface area contributed by atoms with Crippen LogP contribution in [0.4, 0.5) is 15.5 Å². The second kappa shape index (κ2) is 8.94. The average molecular weight is 476 g/mol. The van der Waals surface area contributed by atoms with Gasteiger partial charge in [-0.25, -0.2) is 0 Å². The van der Waals surface area contributed by atoms with Crippen LogP contribution in [0.2, 0.25) is 18.6 Å². The van der Waals surface area contributed by atoms with E-state index in [1.54, 1.807) is 36.2 Å². The molecule has 0 aromatic heterocycles. The molecule has 0 saturated carbocycles. The Kier molecular flexibility index (Phi) is 6.52. The lowest BCUT2D eigenvalue weighted by atomic mass is 9.82. The highest BCUT2D eigenvalue weighted by Gasteiger charge is 2.66. The summed E-state index contributed by atoms with van der Waals surface area (Å²) in [6.45, 7) is 9.90. The molecular weight excluding hydrogens is 441 g/mol. The number of fused-ring (bicyclic) bond motifs is 2. The second-order valence-electron chi connectivity index (χ2n) is 9.86. The van der Waals surface area contributed by atoms with E-state index in [-0.39, 0.29) is 30.9 Å². The molecule has 2 amide bonds. The van der Waals surface area contributed by atoms with Gasteiger partial charge >= 0.3 is 0 Å².